The third-order valence-electron chi connectivity index (χ3n) is 2.30. The van der Waals surface area contributed by atoms with Crippen molar-refractivity contribution in [1.82, 2.24) is 0 Å². The van der Waals surface area contributed by atoms with Crippen molar-refractivity contribution in [2.75, 3.05) is 40.8 Å². The molecule has 0 fully saturated rings. The Morgan fingerprint density at radius 3 is 1.14 bits per heavy atom. The summed E-state index contributed by atoms with van der Waals surface area (Å²) in [6.07, 6.45) is 0. The molecule has 0 amide bonds. The van der Waals surface area contributed by atoms with Gasteiger partial charge >= 0.3 is 26.2 Å². The van der Waals surface area contributed by atoms with Gasteiger partial charge in [-0.05, 0) is 13.1 Å². The summed E-state index contributed by atoms with van der Waals surface area (Å²) in [5.41, 5.74) is 0. The Hall–Kier alpha value is 0.260. The first kappa shape index (κ1) is 30.2. The van der Waals surface area contributed by atoms with E-state index >= 15 is 0 Å². The Morgan fingerprint density at radius 2 is 1.05 bits per heavy atom. The minimum Gasteiger partial charge on any atom is -0.665 e. The predicted molar refractivity (Wildman–Crippen MR) is 99.7 cm³/mol. The van der Waals surface area contributed by atoms with Gasteiger partial charge in [0.1, 0.15) is 0 Å². The maximum absolute atomic E-state index is 13.1. The SMILES string of the molecule is CC[N-]C.CC[N-]C.CC[N-]C.C[Si](C)(F)[c-]1cccc1.[Zr+4]. The van der Waals surface area contributed by atoms with E-state index in [0.717, 1.165) is 24.8 Å². The van der Waals surface area contributed by atoms with Crippen LogP contribution in [0.4, 0.5) is 4.11 Å². The zero-order valence-corrected chi connectivity index (χ0v) is 19.1. The van der Waals surface area contributed by atoms with Gasteiger partial charge in [-0.3, -0.25) is 0 Å². The van der Waals surface area contributed by atoms with E-state index in [1.165, 1.54) is 0 Å². The normalized spacial score (nSPS) is 8.95. The largest absolute Gasteiger partial charge is 4.00 e. The van der Waals surface area contributed by atoms with Gasteiger partial charge in [0, 0.05) is 0 Å². The van der Waals surface area contributed by atoms with Crippen LogP contribution in [-0.4, -0.2) is 49.2 Å². The van der Waals surface area contributed by atoms with Gasteiger partial charge in [-0.15, -0.1) is 5.19 Å². The maximum Gasteiger partial charge on any atom is 4.00 e. The number of halogens is 1. The van der Waals surface area contributed by atoms with E-state index in [9.17, 15) is 4.11 Å². The second-order valence-corrected chi connectivity index (χ2v) is 8.07. The van der Waals surface area contributed by atoms with Crippen LogP contribution < -0.4 is 5.19 Å². The van der Waals surface area contributed by atoms with Crippen molar-refractivity contribution in [3.63, 3.8) is 0 Å². The van der Waals surface area contributed by atoms with Gasteiger partial charge in [0.2, 0.25) is 8.41 Å². The standard InChI is InChI=1S/C7H10FSi.3C3H8N.Zr/c1-9(2,8)7-5-3-4-6-7;3*1-3-4-2;/h3-6H,1-2H3;3*3H2,1-2H3;/q4*-1;+4. The summed E-state index contributed by atoms with van der Waals surface area (Å²) in [7, 11) is 2.94. The van der Waals surface area contributed by atoms with Gasteiger partial charge in [0.15, 0.2) is 0 Å². The molecule has 0 N–H and O–H groups in total. The predicted octanol–water partition coefficient (Wildman–Crippen LogP) is 4.81. The summed E-state index contributed by atoms with van der Waals surface area (Å²) in [4.78, 5) is 0. The molecular formula is C16H34FN3SiZr. The molecule has 0 bridgehead atoms. The second-order valence-electron chi connectivity index (χ2n) is 4.54. The molecule has 0 unspecified atom stereocenters. The van der Waals surface area contributed by atoms with Gasteiger partial charge in [-0.25, -0.2) is 12.1 Å². The van der Waals surface area contributed by atoms with Crippen molar-refractivity contribution in [3.05, 3.63) is 40.2 Å². The van der Waals surface area contributed by atoms with E-state index in [2.05, 4.69) is 16.0 Å². The average molecular weight is 407 g/mol. The van der Waals surface area contributed by atoms with E-state index in [4.69, 9.17) is 0 Å². The molecule has 22 heavy (non-hydrogen) atoms. The molecule has 0 saturated carbocycles. The van der Waals surface area contributed by atoms with Crippen LogP contribution >= 0.6 is 0 Å². The molecule has 0 aliphatic heterocycles. The third-order valence-corrected chi connectivity index (χ3v) is 4.00. The van der Waals surface area contributed by atoms with Crippen LogP contribution in [0.5, 0.6) is 0 Å². The van der Waals surface area contributed by atoms with E-state index in [1.54, 1.807) is 34.2 Å². The molecular weight excluding hydrogens is 373 g/mol. The molecule has 0 spiro atoms. The topological polar surface area (TPSA) is 42.3 Å². The average Bonchev–Trinajstić information content (AvgIpc) is 3.02. The number of hydrogen-bond donors (Lipinski definition) is 0. The van der Waals surface area contributed by atoms with Crippen LogP contribution in [0, 0.1) is 0 Å². The van der Waals surface area contributed by atoms with Crippen LogP contribution in [-0.2, 0) is 26.2 Å². The first-order valence-corrected chi connectivity index (χ1v) is 10.3. The molecule has 0 aliphatic rings. The Balaban J connectivity index is -0.000000107. The second kappa shape index (κ2) is 23.5. The summed E-state index contributed by atoms with van der Waals surface area (Å²) in [5, 5.41) is 12.1. The molecule has 0 aromatic heterocycles. The van der Waals surface area contributed by atoms with Crippen molar-refractivity contribution in [1.29, 1.82) is 0 Å². The van der Waals surface area contributed by atoms with E-state index < -0.39 is 8.41 Å². The summed E-state index contributed by atoms with van der Waals surface area (Å²) < 4.78 is 13.1. The first-order chi connectivity index (χ1) is 9.85. The van der Waals surface area contributed by atoms with Crippen LogP contribution in [0.3, 0.4) is 0 Å². The zero-order chi connectivity index (χ0) is 17.1. The molecule has 1 rings (SSSR count). The molecule has 1 aromatic carbocycles. The smallest absolute Gasteiger partial charge is 0.665 e. The molecule has 0 atom stereocenters. The van der Waals surface area contributed by atoms with Crippen molar-refractivity contribution in [2.24, 2.45) is 0 Å². The molecule has 0 saturated heterocycles. The number of hydrogen-bond acceptors (Lipinski definition) is 0. The minimum absolute atomic E-state index is 0. The Bertz CT molecular complexity index is 249. The van der Waals surface area contributed by atoms with Gasteiger partial charge in [0.05, 0.1) is 0 Å². The molecule has 0 radical (unpaired) electrons. The maximum atomic E-state index is 13.1. The van der Waals surface area contributed by atoms with Gasteiger partial charge in [0.25, 0.3) is 0 Å². The molecule has 0 heterocycles. The fraction of sp³-hybridized carbons (Fsp3) is 0.688. The minimum atomic E-state index is -2.48. The number of rotatable bonds is 4. The molecule has 128 valence electrons. The molecule has 1 aromatic rings. The monoisotopic (exact) mass is 405 g/mol. The molecule has 3 nitrogen and oxygen atoms in total. The fourth-order valence-corrected chi connectivity index (χ4v) is 1.76. The van der Waals surface area contributed by atoms with Gasteiger partial charge in [-0.1, -0.05) is 20.8 Å². The first-order valence-electron chi connectivity index (χ1n) is 7.43. The van der Waals surface area contributed by atoms with Gasteiger partial charge in [-0.2, -0.15) is 52.9 Å². The van der Waals surface area contributed by atoms with Crippen LogP contribution in [0.25, 0.3) is 16.0 Å². The third kappa shape index (κ3) is 28.4. The molecule has 0 aliphatic carbocycles. The van der Waals surface area contributed by atoms with Crippen molar-refractivity contribution >= 4 is 13.6 Å². The summed E-state index contributed by atoms with van der Waals surface area (Å²) >= 11 is 0. The Labute approximate surface area is 158 Å². The summed E-state index contributed by atoms with van der Waals surface area (Å²) in [5.74, 6) is 0. The van der Waals surface area contributed by atoms with Crippen molar-refractivity contribution in [3.8, 4) is 0 Å². The van der Waals surface area contributed by atoms with Crippen LogP contribution in [0.2, 0.25) is 13.1 Å². The van der Waals surface area contributed by atoms with Crippen LogP contribution in [0.15, 0.2) is 24.3 Å². The summed E-state index contributed by atoms with van der Waals surface area (Å²) in [6, 6.07) is 7.46. The van der Waals surface area contributed by atoms with E-state index in [0.29, 0.717) is 0 Å². The van der Waals surface area contributed by atoms with E-state index in [1.807, 2.05) is 45.0 Å². The zero-order valence-electron chi connectivity index (χ0n) is 15.7. The summed E-state index contributed by atoms with van der Waals surface area (Å²) in [6.45, 7) is 12.3. The quantitative estimate of drug-likeness (QED) is 0.391. The fourth-order valence-electron chi connectivity index (χ4n) is 0.770. The van der Waals surface area contributed by atoms with Crippen molar-refractivity contribution < 1.29 is 30.3 Å². The number of nitrogens with zero attached hydrogens (tertiary/aromatic N) is 3. The van der Waals surface area contributed by atoms with Gasteiger partial charge < -0.3 is 20.1 Å². The van der Waals surface area contributed by atoms with Crippen molar-refractivity contribution in [2.45, 2.75) is 33.9 Å². The Morgan fingerprint density at radius 1 is 0.818 bits per heavy atom. The van der Waals surface area contributed by atoms with Crippen LogP contribution in [0.1, 0.15) is 20.8 Å². The Kier molecular flexibility index (Phi) is 32.3. The molecule has 6 heteroatoms. The van der Waals surface area contributed by atoms with E-state index in [-0.39, 0.29) is 26.2 Å².